The predicted molar refractivity (Wildman–Crippen MR) is 80.3 cm³/mol. The van der Waals surface area contributed by atoms with Gasteiger partial charge in [-0.2, -0.15) is 0 Å². The van der Waals surface area contributed by atoms with Crippen LogP contribution in [0.25, 0.3) is 10.9 Å². The highest BCUT2D eigenvalue weighted by atomic mass is 16.6. The number of nitro groups is 1. The minimum atomic E-state index is -0.445. The molecule has 7 nitrogen and oxygen atoms in total. The standard InChI is InChI=1S/C14H11N5O2/c15-9-1-3-10(4-2-9)18-14-12-7-11(19(20)21)5-6-13(12)16-8-17-14/h1-8H,15H2,(H,16,17,18). The van der Waals surface area contributed by atoms with Gasteiger partial charge in [0.25, 0.3) is 5.69 Å². The van der Waals surface area contributed by atoms with Gasteiger partial charge in [-0.25, -0.2) is 9.97 Å². The summed E-state index contributed by atoms with van der Waals surface area (Å²) in [6, 6.07) is 11.6. The van der Waals surface area contributed by atoms with E-state index in [9.17, 15) is 10.1 Å². The van der Waals surface area contributed by atoms with Crippen LogP contribution in [0.3, 0.4) is 0 Å². The fourth-order valence-electron chi connectivity index (χ4n) is 1.96. The largest absolute Gasteiger partial charge is 0.399 e. The molecule has 21 heavy (non-hydrogen) atoms. The molecule has 1 aromatic heterocycles. The molecule has 7 heteroatoms. The maximum Gasteiger partial charge on any atom is 0.270 e. The third kappa shape index (κ3) is 2.57. The zero-order valence-corrected chi connectivity index (χ0v) is 10.9. The smallest absolute Gasteiger partial charge is 0.270 e. The number of nitrogens with one attached hydrogen (secondary N) is 1. The van der Waals surface area contributed by atoms with E-state index in [0.29, 0.717) is 22.4 Å². The van der Waals surface area contributed by atoms with Crippen molar-refractivity contribution in [3.8, 4) is 0 Å². The Kier molecular flexibility index (Phi) is 3.07. The molecule has 0 atom stereocenters. The molecule has 104 valence electrons. The fraction of sp³-hybridized carbons (Fsp3) is 0. The van der Waals surface area contributed by atoms with Crippen molar-refractivity contribution in [2.75, 3.05) is 11.1 Å². The number of nitrogens with zero attached hydrogens (tertiary/aromatic N) is 3. The van der Waals surface area contributed by atoms with E-state index in [1.54, 1.807) is 30.3 Å². The van der Waals surface area contributed by atoms with Crippen molar-refractivity contribution in [2.45, 2.75) is 0 Å². The van der Waals surface area contributed by atoms with Crippen LogP contribution in [0.1, 0.15) is 0 Å². The summed E-state index contributed by atoms with van der Waals surface area (Å²) in [6.45, 7) is 0. The summed E-state index contributed by atoms with van der Waals surface area (Å²) in [7, 11) is 0. The molecule has 2 aromatic carbocycles. The third-order valence-corrected chi connectivity index (χ3v) is 3.00. The van der Waals surface area contributed by atoms with Gasteiger partial charge >= 0.3 is 0 Å². The van der Waals surface area contributed by atoms with Crippen LogP contribution >= 0.6 is 0 Å². The second-order valence-electron chi connectivity index (χ2n) is 4.43. The molecule has 0 radical (unpaired) electrons. The lowest BCUT2D eigenvalue weighted by molar-refractivity contribution is -0.384. The van der Waals surface area contributed by atoms with Gasteiger partial charge in [0.1, 0.15) is 12.1 Å². The molecule has 0 saturated carbocycles. The maximum absolute atomic E-state index is 10.9. The Morgan fingerprint density at radius 3 is 2.57 bits per heavy atom. The maximum atomic E-state index is 10.9. The van der Waals surface area contributed by atoms with Crippen LogP contribution in [-0.4, -0.2) is 14.9 Å². The first-order chi connectivity index (χ1) is 10.1. The summed E-state index contributed by atoms with van der Waals surface area (Å²) in [5, 5.41) is 14.6. The van der Waals surface area contributed by atoms with Gasteiger partial charge in [0.15, 0.2) is 0 Å². The van der Waals surface area contributed by atoms with Crippen LogP contribution in [-0.2, 0) is 0 Å². The Bertz CT molecular complexity index is 817. The topological polar surface area (TPSA) is 107 Å². The minimum Gasteiger partial charge on any atom is -0.399 e. The summed E-state index contributed by atoms with van der Waals surface area (Å²) in [4.78, 5) is 18.7. The summed E-state index contributed by atoms with van der Waals surface area (Å²) in [5.41, 5.74) is 7.71. The first-order valence-electron chi connectivity index (χ1n) is 6.15. The van der Waals surface area contributed by atoms with Crippen LogP contribution in [0, 0.1) is 10.1 Å². The van der Waals surface area contributed by atoms with Crippen molar-refractivity contribution in [1.29, 1.82) is 0 Å². The molecule has 0 spiro atoms. The normalized spacial score (nSPS) is 10.5. The van der Waals surface area contributed by atoms with Crippen LogP contribution < -0.4 is 11.1 Å². The van der Waals surface area contributed by atoms with Gasteiger partial charge in [0.2, 0.25) is 0 Å². The lowest BCUT2D eigenvalue weighted by Crippen LogP contribution is -1.97. The SMILES string of the molecule is Nc1ccc(Nc2ncnc3ccc([N+](=O)[O-])cc23)cc1. The summed E-state index contributed by atoms with van der Waals surface area (Å²) in [5.74, 6) is 0.508. The van der Waals surface area contributed by atoms with E-state index in [1.807, 2.05) is 0 Å². The number of nitrogens with two attached hydrogens (primary N) is 1. The molecule has 0 aliphatic rings. The van der Waals surface area contributed by atoms with Crippen LogP contribution in [0.2, 0.25) is 0 Å². The van der Waals surface area contributed by atoms with Gasteiger partial charge in [-0.15, -0.1) is 0 Å². The van der Waals surface area contributed by atoms with Crippen molar-refractivity contribution in [3.05, 3.63) is 58.9 Å². The average molecular weight is 281 g/mol. The van der Waals surface area contributed by atoms with Crippen molar-refractivity contribution in [3.63, 3.8) is 0 Å². The van der Waals surface area contributed by atoms with E-state index in [-0.39, 0.29) is 5.69 Å². The highest BCUT2D eigenvalue weighted by molar-refractivity contribution is 5.92. The van der Waals surface area contributed by atoms with E-state index in [1.165, 1.54) is 18.5 Å². The van der Waals surface area contributed by atoms with Crippen molar-refractivity contribution < 1.29 is 4.92 Å². The van der Waals surface area contributed by atoms with Gasteiger partial charge in [-0.1, -0.05) is 0 Å². The molecule has 0 amide bonds. The number of non-ortho nitro benzene ring substituents is 1. The van der Waals surface area contributed by atoms with Gasteiger partial charge in [0.05, 0.1) is 10.4 Å². The quantitative estimate of drug-likeness (QED) is 0.434. The van der Waals surface area contributed by atoms with Gasteiger partial charge in [-0.3, -0.25) is 10.1 Å². The lowest BCUT2D eigenvalue weighted by Gasteiger charge is -2.08. The van der Waals surface area contributed by atoms with Crippen LogP contribution in [0.4, 0.5) is 22.9 Å². The van der Waals surface area contributed by atoms with Gasteiger partial charge in [-0.05, 0) is 30.3 Å². The molecular formula is C14H11N5O2. The molecule has 0 unspecified atom stereocenters. The number of nitrogen functional groups attached to an aromatic ring is 1. The molecule has 3 aromatic rings. The third-order valence-electron chi connectivity index (χ3n) is 3.00. The molecule has 0 saturated heterocycles. The van der Waals surface area contributed by atoms with Crippen molar-refractivity contribution in [1.82, 2.24) is 9.97 Å². The Morgan fingerprint density at radius 2 is 1.86 bits per heavy atom. The second-order valence-corrected chi connectivity index (χ2v) is 4.43. The summed E-state index contributed by atoms with van der Waals surface area (Å²) < 4.78 is 0. The lowest BCUT2D eigenvalue weighted by atomic mass is 10.2. The van der Waals surface area contributed by atoms with E-state index in [0.717, 1.165) is 5.69 Å². The van der Waals surface area contributed by atoms with E-state index in [4.69, 9.17) is 5.73 Å². The zero-order valence-electron chi connectivity index (χ0n) is 10.9. The number of fused-ring (bicyclic) bond motifs is 1. The molecule has 0 aliphatic heterocycles. The number of rotatable bonds is 3. The molecule has 3 N–H and O–H groups in total. The Labute approximate surface area is 119 Å². The molecule has 0 bridgehead atoms. The molecule has 0 aliphatic carbocycles. The number of hydrogen-bond donors (Lipinski definition) is 2. The highest BCUT2D eigenvalue weighted by Crippen LogP contribution is 2.26. The number of aromatic nitrogens is 2. The zero-order chi connectivity index (χ0) is 14.8. The number of nitro benzene ring substituents is 1. The van der Waals surface area contributed by atoms with E-state index < -0.39 is 4.92 Å². The molecule has 0 fully saturated rings. The minimum absolute atomic E-state index is 0.00217. The number of anilines is 3. The van der Waals surface area contributed by atoms with E-state index >= 15 is 0 Å². The summed E-state index contributed by atoms with van der Waals surface area (Å²) in [6.07, 6.45) is 1.41. The van der Waals surface area contributed by atoms with Crippen LogP contribution in [0.5, 0.6) is 0 Å². The fourth-order valence-corrected chi connectivity index (χ4v) is 1.96. The van der Waals surface area contributed by atoms with E-state index in [2.05, 4.69) is 15.3 Å². The van der Waals surface area contributed by atoms with Crippen LogP contribution in [0.15, 0.2) is 48.8 Å². The Balaban J connectivity index is 2.06. The van der Waals surface area contributed by atoms with Crippen molar-refractivity contribution >= 4 is 33.8 Å². The van der Waals surface area contributed by atoms with Crippen molar-refractivity contribution in [2.24, 2.45) is 0 Å². The molecule has 1 heterocycles. The highest BCUT2D eigenvalue weighted by Gasteiger charge is 2.10. The Morgan fingerprint density at radius 1 is 1.10 bits per heavy atom. The Hall–Kier alpha value is -3.22. The van der Waals surface area contributed by atoms with Gasteiger partial charge in [0, 0.05) is 28.9 Å². The average Bonchev–Trinajstić information content (AvgIpc) is 2.49. The van der Waals surface area contributed by atoms with Gasteiger partial charge < -0.3 is 11.1 Å². The summed E-state index contributed by atoms with van der Waals surface area (Å²) >= 11 is 0. The first kappa shape index (κ1) is 12.8. The molecular weight excluding hydrogens is 270 g/mol. The predicted octanol–water partition coefficient (Wildman–Crippen LogP) is 2.86. The number of benzene rings is 2. The first-order valence-corrected chi connectivity index (χ1v) is 6.15. The monoisotopic (exact) mass is 281 g/mol. The second kappa shape index (κ2) is 5.04. The number of hydrogen-bond acceptors (Lipinski definition) is 6. The molecule has 3 rings (SSSR count).